The minimum absolute atomic E-state index is 0.366. The predicted octanol–water partition coefficient (Wildman–Crippen LogP) is 2.71. The first-order valence-corrected chi connectivity index (χ1v) is 6.96. The lowest BCUT2D eigenvalue weighted by Gasteiger charge is -2.36. The molecule has 21 heavy (non-hydrogen) atoms. The lowest BCUT2D eigenvalue weighted by molar-refractivity contribution is -0.148. The van der Waals surface area contributed by atoms with Crippen LogP contribution in [0.3, 0.4) is 0 Å². The topological polar surface area (TPSA) is 60.9 Å². The normalized spacial score (nSPS) is 21.4. The van der Waals surface area contributed by atoms with Crippen LogP contribution in [0.4, 0.5) is 14.9 Å². The van der Waals surface area contributed by atoms with E-state index in [0.29, 0.717) is 31.5 Å². The summed E-state index contributed by atoms with van der Waals surface area (Å²) in [4.78, 5) is 27.0. The number of hydrogen-bond donors (Lipinski definition) is 1. The zero-order valence-corrected chi connectivity index (χ0v) is 12.2. The number of hydrogen-bond acceptors (Lipinski definition) is 2. The van der Waals surface area contributed by atoms with E-state index in [9.17, 15) is 19.1 Å². The molecular formula is C15H19FN2O3. The lowest BCUT2D eigenvalue weighted by Crippen LogP contribution is -2.56. The first-order chi connectivity index (χ1) is 9.92. The second-order valence-electron chi connectivity index (χ2n) is 5.26. The van der Waals surface area contributed by atoms with Gasteiger partial charge in [-0.2, -0.15) is 0 Å². The molecule has 1 aliphatic rings. The van der Waals surface area contributed by atoms with E-state index in [-0.39, 0.29) is 11.8 Å². The van der Waals surface area contributed by atoms with Gasteiger partial charge in [0.25, 0.3) is 0 Å². The summed E-state index contributed by atoms with van der Waals surface area (Å²) >= 11 is 0. The molecule has 1 saturated heterocycles. The van der Waals surface area contributed by atoms with Gasteiger partial charge in [0.1, 0.15) is 11.4 Å². The van der Waals surface area contributed by atoms with Crippen LogP contribution in [0.2, 0.25) is 0 Å². The second kappa shape index (κ2) is 5.71. The average molecular weight is 294 g/mol. The molecule has 1 aromatic carbocycles. The van der Waals surface area contributed by atoms with Gasteiger partial charge >= 0.3 is 12.0 Å². The van der Waals surface area contributed by atoms with Crippen LogP contribution >= 0.6 is 0 Å². The van der Waals surface area contributed by atoms with Gasteiger partial charge in [0, 0.05) is 19.3 Å². The molecule has 0 aromatic heterocycles. The summed E-state index contributed by atoms with van der Waals surface area (Å²) in [5, 5.41) is 9.51. The highest BCUT2D eigenvalue weighted by molar-refractivity contribution is 5.95. The Balaban J connectivity index is 2.26. The van der Waals surface area contributed by atoms with Crippen LogP contribution in [-0.2, 0) is 4.79 Å². The summed E-state index contributed by atoms with van der Waals surface area (Å²) in [5.41, 5.74) is -0.602. The molecule has 1 unspecified atom stereocenters. The highest BCUT2D eigenvalue weighted by Gasteiger charge is 2.49. The van der Waals surface area contributed by atoms with Crippen molar-refractivity contribution in [3.05, 3.63) is 30.1 Å². The van der Waals surface area contributed by atoms with Crippen LogP contribution in [0.15, 0.2) is 24.3 Å². The SMILES string of the molecule is CCC1(C(=O)O)CCCN1C(=O)N(C)c1ccc(F)cc1. The molecule has 0 saturated carbocycles. The zero-order valence-electron chi connectivity index (χ0n) is 12.2. The molecule has 0 radical (unpaired) electrons. The third-order valence-electron chi connectivity index (χ3n) is 4.20. The number of carboxylic acid groups (broad SMARTS) is 1. The Morgan fingerprint density at radius 3 is 2.52 bits per heavy atom. The number of anilines is 1. The number of urea groups is 1. The van der Waals surface area contributed by atoms with Gasteiger partial charge in [0.2, 0.25) is 0 Å². The van der Waals surface area contributed by atoms with Crippen molar-refractivity contribution in [3.8, 4) is 0 Å². The molecule has 1 atom stereocenters. The lowest BCUT2D eigenvalue weighted by atomic mass is 9.93. The van der Waals surface area contributed by atoms with Crippen molar-refractivity contribution in [2.24, 2.45) is 0 Å². The second-order valence-corrected chi connectivity index (χ2v) is 5.26. The molecular weight excluding hydrogens is 275 g/mol. The number of nitrogens with zero attached hydrogens (tertiary/aromatic N) is 2. The number of rotatable bonds is 3. The maximum absolute atomic E-state index is 12.9. The smallest absolute Gasteiger partial charge is 0.329 e. The van der Waals surface area contributed by atoms with Gasteiger partial charge in [-0.05, 0) is 43.5 Å². The highest BCUT2D eigenvalue weighted by atomic mass is 19.1. The van der Waals surface area contributed by atoms with Crippen LogP contribution in [0.25, 0.3) is 0 Å². The molecule has 114 valence electrons. The van der Waals surface area contributed by atoms with Crippen molar-refractivity contribution in [1.82, 2.24) is 4.90 Å². The van der Waals surface area contributed by atoms with Gasteiger partial charge < -0.3 is 10.0 Å². The molecule has 6 heteroatoms. The molecule has 1 aromatic rings. The van der Waals surface area contributed by atoms with E-state index in [0.717, 1.165) is 0 Å². The Morgan fingerprint density at radius 1 is 1.38 bits per heavy atom. The predicted molar refractivity (Wildman–Crippen MR) is 76.8 cm³/mol. The molecule has 1 heterocycles. The Hall–Kier alpha value is -2.11. The van der Waals surface area contributed by atoms with Crippen LogP contribution < -0.4 is 4.90 Å². The van der Waals surface area contributed by atoms with Crippen molar-refractivity contribution in [3.63, 3.8) is 0 Å². The van der Waals surface area contributed by atoms with E-state index in [1.54, 1.807) is 14.0 Å². The minimum Gasteiger partial charge on any atom is -0.479 e. The number of amides is 2. The van der Waals surface area contributed by atoms with E-state index < -0.39 is 11.5 Å². The fraction of sp³-hybridized carbons (Fsp3) is 0.467. The van der Waals surface area contributed by atoms with Crippen molar-refractivity contribution in [1.29, 1.82) is 0 Å². The van der Waals surface area contributed by atoms with E-state index in [1.807, 2.05) is 0 Å². The molecule has 2 amide bonds. The van der Waals surface area contributed by atoms with Crippen molar-refractivity contribution < 1.29 is 19.1 Å². The Labute approximate surface area is 123 Å². The van der Waals surface area contributed by atoms with Gasteiger partial charge in [-0.15, -0.1) is 0 Å². The quantitative estimate of drug-likeness (QED) is 0.932. The summed E-state index contributed by atoms with van der Waals surface area (Å²) in [6.45, 7) is 2.20. The maximum Gasteiger partial charge on any atom is 0.329 e. The number of benzene rings is 1. The van der Waals surface area contributed by atoms with Gasteiger partial charge in [0.15, 0.2) is 0 Å². The van der Waals surface area contributed by atoms with Crippen LogP contribution in [0.1, 0.15) is 26.2 Å². The monoisotopic (exact) mass is 294 g/mol. The number of likely N-dealkylation sites (tertiary alicyclic amines) is 1. The first kappa shape index (κ1) is 15.3. The van der Waals surface area contributed by atoms with Gasteiger partial charge in [-0.1, -0.05) is 6.92 Å². The summed E-state index contributed by atoms with van der Waals surface area (Å²) in [5.74, 6) is -1.35. The molecule has 1 fully saturated rings. The van der Waals surface area contributed by atoms with Crippen LogP contribution in [0.5, 0.6) is 0 Å². The van der Waals surface area contributed by atoms with E-state index >= 15 is 0 Å². The molecule has 2 rings (SSSR count). The minimum atomic E-state index is -1.13. The average Bonchev–Trinajstić information content (AvgIpc) is 2.91. The number of aliphatic carboxylic acids is 1. The maximum atomic E-state index is 12.9. The fourth-order valence-corrected chi connectivity index (χ4v) is 2.85. The zero-order chi connectivity index (χ0) is 15.6. The fourth-order valence-electron chi connectivity index (χ4n) is 2.85. The van der Waals surface area contributed by atoms with E-state index in [2.05, 4.69) is 0 Å². The van der Waals surface area contributed by atoms with Crippen LogP contribution in [-0.4, -0.2) is 41.1 Å². The van der Waals surface area contributed by atoms with Crippen LogP contribution in [0, 0.1) is 5.82 Å². The Bertz CT molecular complexity index is 546. The van der Waals surface area contributed by atoms with Crippen molar-refractivity contribution >= 4 is 17.7 Å². The van der Waals surface area contributed by atoms with Gasteiger partial charge in [-0.25, -0.2) is 14.0 Å². The highest BCUT2D eigenvalue weighted by Crippen LogP contribution is 2.34. The van der Waals surface area contributed by atoms with Crippen molar-refractivity contribution in [2.75, 3.05) is 18.5 Å². The summed E-state index contributed by atoms with van der Waals surface area (Å²) < 4.78 is 12.9. The van der Waals surface area contributed by atoms with E-state index in [4.69, 9.17) is 0 Å². The Kier molecular flexibility index (Phi) is 4.16. The summed E-state index contributed by atoms with van der Waals surface area (Å²) in [6, 6.07) is 5.17. The molecule has 1 N–H and O–H groups in total. The van der Waals surface area contributed by atoms with E-state index in [1.165, 1.54) is 34.1 Å². The molecule has 1 aliphatic heterocycles. The molecule has 0 bridgehead atoms. The third-order valence-corrected chi connectivity index (χ3v) is 4.20. The van der Waals surface area contributed by atoms with Gasteiger partial charge in [0.05, 0.1) is 0 Å². The molecule has 0 spiro atoms. The number of halogens is 1. The number of carbonyl (C=O) groups is 2. The first-order valence-electron chi connectivity index (χ1n) is 6.96. The standard InChI is InChI=1S/C15H19FN2O3/c1-3-15(13(19)20)9-4-10-18(15)14(21)17(2)12-7-5-11(16)6-8-12/h5-8H,3-4,9-10H2,1-2H3,(H,19,20). The number of carbonyl (C=O) groups excluding carboxylic acids is 1. The van der Waals surface area contributed by atoms with Gasteiger partial charge in [-0.3, -0.25) is 4.90 Å². The number of carboxylic acids is 1. The molecule has 0 aliphatic carbocycles. The third kappa shape index (κ3) is 2.57. The Morgan fingerprint density at radius 2 is 2.00 bits per heavy atom. The summed E-state index contributed by atoms with van der Waals surface area (Å²) in [6.07, 6.45) is 1.50. The molecule has 5 nitrogen and oxygen atoms in total. The largest absolute Gasteiger partial charge is 0.479 e. The summed E-state index contributed by atoms with van der Waals surface area (Å²) in [7, 11) is 1.57. The van der Waals surface area contributed by atoms with Crippen molar-refractivity contribution in [2.45, 2.75) is 31.7 Å².